The number of ether oxygens (including phenoxy) is 1. The van der Waals surface area contributed by atoms with Gasteiger partial charge >= 0.3 is 5.97 Å². The Bertz CT molecular complexity index is 1570. The second kappa shape index (κ2) is 12.8. The number of benzene rings is 1. The zero-order valence-electron chi connectivity index (χ0n) is 25.6. The van der Waals surface area contributed by atoms with Gasteiger partial charge in [-0.2, -0.15) is 5.10 Å². The van der Waals surface area contributed by atoms with Gasteiger partial charge in [-0.3, -0.25) is 19.2 Å². The van der Waals surface area contributed by atoms with Crippen LogP contribution < -0.4 is 10.2 Å². The van der Waals surface area contributed by atoms with Gasteiger partial charge in [-0.25, -0.2) is 4.98 Å². The summed E-state index contributed by atoms with van der Waals surface area (Å²) in [6.45, 7) is 11.1. The Hall–Kier alpha value is -4.45. The van der Waals surface area contributed by atoms with Crippen molar-refractivity contribution in [2.45, 2.75) is 59.7 Å². The van der Waals surface area contributed by atoms with Gasteiger partial charge in [-0.15, -0.1) is 15.0 Å². The molecule has 0 aliphatic carbocycles. The van der Waals surface area contributed by atoms with Crippen LogP contribution in [-0.4, -0.2) is 66.0 Å². The van der Waals surface area contributed by atoms with E-state index >= 15 is 0 Å². The molecular formula is C31H39N9O3. The van der Waals surface area contributed by atoms with Crippen molar-refractivity contribution in [1.82, 2.24) is 40.3 Å². The van der Waals surface area contributed by atoms with E-state index in [1.807, 2.05) is 62.1 Å². The molecule has 0 bridgehead atoms. The smallest absolute Gasteiger partial charge is 0.310 e. The van der Waals surface area contributed by atoms with E-state index in [9.17, 15) is 9.59 Å². The second-order valence-electron chi connectivity index (χ2n) is 11.6. The summed E-state index contributed by atoms with van der Waals surface area (Å²) in [5.41, 5.74) is 3.82. The largest absolute Gasteiger partial charge is 0.437 e. The van der Waals surface area contributed by atoms with Crippen LogP contribution in [0, 0.1) is 18.8 Å². The van der Waals surface area contributed by atoms with Gasteiger partial charge in [0, 0.05) is 36.8 Å². The Labute approximate surface area is 251 Å². The monoisotopic (exact) mass is 585 g/mol. The maximum atomic E-state index is 14.0. The van der Waals surface area contributed by atoms with Crippen LogP contribution in [-0.2, 0) is 16.6 Å². The van der Waals surface area contributed by atoms with Gasteiger partial charge in [0.25, 0.3) is 5.91 Å². The fraction of sp³-hybridized carbons (Fsp3) is 0.452. The molecule has 12 heteroatoms. The van der Waals surface area contributed by atoms with E-state index in [1.165, 1.54) is 4.80 Å². The first-order valence-corrected chi connectivity index (χ1v) is 14.7. The van der Waals surface area contributed by atoms with E-state index in [1.54, 1.807) is 38.0 Å². The number of tetrazole rings is 1. The predicted octanol–water partition coefficient (Wildman–Crippen LogP) is 4.20. The van der Waals surface area contributed by atoms with Gasteiger partial charge in [-0.1, -0.05) is 45.9 Å². The molecule has 5 rings (SSSR count). The number of esters is 1. The molecule has 0 radical (unpaired) electrons. The number of anilines is 1. The van der Waals surface area contributed by atoms with Crippen molar-refractivity contribution < 1.29 is 14.3 Å². The molecule has 1 aliphatic heterocycles. The minimum atomic E-state index is -0.692. The van der Waals surface area contributed by atoms with E-state index in [0.29, 0.717) is 22.9 Å². The van der Waals surface area contributed by atoms with Crippen molar-refractivity contribution in [2.75, 3.05) is 18.0 Å². The molecular weight excluding hydrogens is 546 g/mol. The van der Waals surface area contributed by atoms with Gasteiger partial charge < -0.3 is 10.1 Å². The Morgan fingerprint density at radius 2 is 1.88 bits per heavy atom. The van der Waals surface area contributed by atoms with Gasteiger partial charge in [0.15, 0.2) is 0 Å². The lowest BCUT2D eigenvalue weighted by molar-refractivity contribution is -0.163. The molecule has 1 N–H and O–H groups in total. The maximum absolute atomic E-state index is 14.0. The van der Waals surface area contributed by atoms with E-state index in [0.717, 1.165) is 42.6 Å². The van der Waals surface area contributed by atoms with Crippen molar-refractivity contribution in [3.8, 4) is 22.6 Å². The molecule has 0 spiro atoms. The second-order valence-corrected chi connectivity index (χ2v) is 11.6. The molecule has 4 heterocycles. The van der Waals surface area contributed by atoms with Crippen molar-refractivity contribution in [3.05, 3.63) is 59.9 Å². The highest BCUT2D eigenvalue weighted by molar-refractivity contribution is 6.06. The summed E-state index contributed by atoms with van der Waals surface area (Å²) < 4.78 is 7.35. The molecule has 2 unspecified atom stereocenters. The molecule has 43 heavy (non-hydrogen) atoms. The highest BCUT2D eigenvalue weighted by Crippen LogP contribution is 2.31. The van der Waals surface area contributed by atoms with Crippen LogP contribution in [0.4, 0.5) is 5.82 Å². The van der Waals surface area contributed by atoms with Crippen molar-refractivity contribution >= 4 is 17.7 Å². The summed E-state index contributed by atoms with van der Waals surface area (Å²) in [5.74, 6) is 0.274. The average molecular weight is 586 g/mol. The third-order valence-corrected chi connectivity index (χ3v) is 7.59. The van der Waals surface area contributed by atoms with E-state index < -0.39 is 6.23 Å². The topological polar surface area (TPSA) is 133 Å². The minimum Gasteiger partial charge on any atom is -0.437 e. The molecule has 4 aromatic rings. The number of aromatic nitrogens is 7. The van der Waals surface area contributed by atoms with Gasteiger partial charge in [0.2, 0.25) is 12.1 Å². The maximum Gasteiger partial charge on any atom is 0.310 e. The van der Waals surface area contributed by atoms with Gasteiger partial charge in [-0.05, 0) is 60.8 Å². The first-order valence-electron chi connectivity index (χ1n) is 14.7. The molecule has 1 aliphatic rings. The first kappa shape index (κ1) is 30.0. The fourth-order valence-electron chi connectivity index (χ4n) is 5.20. The van der Waals surface area contributed by atoms with Crippen molar-refractivity contribution in [3.63, 3.8) is 0 Å². The van der Waals surface area contributed by atoms with Crippen molar-refractivity contribution in [2.24, 2.45) is 18.9 Å². The molecule has 0 saturated carbocycles. The predicted molar refractivity (Wildman–Crippen MR) is 162 cm³/mol. The van der Waals surface area contributed by atoms with Gasteiger partial charge in [0.1, 0.15) is 11.5 Å². The summed E-state index contributed by atoms with van der Waals surface area (Å²) >= 11 is 0. The third-order valence-electron chi connectivity index (χ3n) is 7.59. The van der Waals surface area contributed by atoms with Crippen LogP contribution in [0.25, 0.3) is 22.6 Å². The zero-order valence-corrected chi connectivity index (χ0v) is 25.6. The number of carbonyl (C=O) groups is 2. The number of hydrogen-bond acceptors (Lipinski definition) is 9. The summed E-state index contributed by atoms with van der Waals surface area (Å²) in [6.07, 6.45) is 4.69. The Balaban J connectivity index is 1.43. The van der Waals surface area contributed by atoms with E-state index in [4.69, 9.17) is 4.74 Å². The number of piperidine rings is 1. The molecule has 2 atom stereocenters. The van der Waals surface area contributed by atoms with Crippen LogP contribution in [0.2, 0.25) is 0 Å². The summed E-state index contributed by atoms with van der Waals surface area (Å²) in [4.78, 5) is 34.0. The number of carbonyl (C=O) groups excluding carboxylic acids is 2. The molecule has 226 valence electrons. The fourth-order valence-corrected chi connectivity index (χ4v) is 5.20. The Morgan fingerprint density at radius 3 is 2.53 bits per heavy atom. The third kappa shape index (κ3) is 6.34. The molecule has 1 saturated heterocycles. The molecule has 1 amide bonds. The first-order chi connectivity index (χ1) is 20.7. The average Bonchev–Trinajstić information content (AvgIpc) is 3.63. The Morgan fingerprint density at radius 1 is 1.12 bits per heavy atom. The normalized spacial score (nSPS) is 16.0. The number of rotatable bonds is 9. The van der Waals surface area contributed by atoms with Crippen LogP contribution >= 0.6 is 0 Å². The van der Waals surface area contributed by atoms with Crippen LogP contribution in [0.5, 0.6) is 0 Å². The number of nitrogens with zero attached hydrogens (tertiary/aromatic N) is 8. The highest BCUT2D eigenvalue weighted by Gasteiger charge is 2.30. The van der Waals surface area contributed by atoms with Crippen LogP contribution in [0.1, 0.15) is 62.7 Å². The lowest BCUT2D eigenvalue weighted by Crippen LogP contribution is -2.49. The highest BCUT2D eigenvalue weighted by atomic mass is 16.6. The van der Waals surface area contributed by atoms with E-state index in [-0.39, 0.29) is 29.8 Å². The van der Waals surface area contributed by atoms with Crippen LogP contribution in [0.15, 0.2) is 48.8 Å². The number of pyridine rings is 1. The summed E-state index contributed by atoms with van der Waals surface area (Å²) in [5, 5.41) is 20.9. The summed E-state index contributed by atoms with van der Waals surface area (Å²) in [6, 6.07) is 11.4. The zero-order chi connectivity index (χ0) is 30.7. The molecule has 1 fully saturated rings. The minimum absolute atomic E-state index is 0.0163. The van der Waals surface area contributed by atoms with Gasteiger partial charge in [0.05, 0.1) is 18.2 Å². The Kier molecular flexibility index (Phi) is 8.95. The number of amides is 1. The molecule has 12 nitrogen and oxygen atoms in total. The molecule has 3 aromatic heterocycles. The number of hydrogen-bond donors (Lipinski definition) is 1. The lowest BCUT2D eigenvalue weighted by atomic mass is 10.0. The summed E-state index contributed by atoms with van der Waals surface area (Å²) in [7, 11) is 1.81. The quantitative estimate of drug-likeness (QED) is 0.287. The molecule has 1 aromatic carbocycles. The lowest BCUT2D eigenvalue weighted by Gasteiger charge is -2.34. The number of aryl methyl sites for hydroxylation is 2. The van der Waals surface area contributed by atoms with E-state index in [2.05, 4.69) is 30.8 Å². The number of nitrogens with one attached hydrogen (secondary N) is 1. The SMILES string of the molecule is Cc1cccnc1N(C(=O)c1ccc(-c2cnn(C)c2-c2nnn(C(OC(=O)C(C)C)C(C)C)n2)cc1)C1CCCNC1. The van der Waals surface area contributed by atoms with Crippen LogP contribution in [0.3, 0.4) is 0 Å². The standard InChI is InChI=1S/C31H39N9O3/c1-19(2)30(43-31(42)20(3)4)40-36-27(35-37-40)26-25(18-34-38(26)6)22-11-13-23(14-12-22)29(41)39(24-10-8-15-32-17-24)28-21(5)9-7-16-33-28/h7,9,11-14,16,18-20,24,30,32H,8,10,15,17H2,1-6H3. The van der Waals surface area contributed by atoms with Crippen molar-refractivity contribution in [1.29, 1.82) is 0 Å².